The van der Waals surface area contributed by atoms with Crippen molar-refractivity contribution < 1.29 is 9.84 Å². The molecule has 1 aromatic rings. The van der Waals surface area contributed by atoms with E-state index in [4.69, 9.17) is 9.84 Å². The molecule has 3 nitrogen and oxygen atoms in total. The molecule has 0 aliphatic carbocycles. The van der Waals surface area contributed by atoms with Crippen LogP contribution in [0.5, 0.6) is 5.75 Å². The van der Waals surface area contributed by atoms with Gasteiger partial charge >= 0.3 is 0 Å². The third-order valence-electron chi connectivity index (χ3n) is 3.22. The number of aliphatic hydroxyl groups is 1. The first kappa shape index (κ1) is 12.4. The maximum Gasteiger partial charge on any atom is 0.122 e. The van der Waals surface area contributed by atoms with E-state index in [9.17, 15) is 0 Å². The summed E-state index contributed by atoms with van der Waals surface area (Å²) in [6.07, 6.45) is 3.23. The molecule has 0 radical (unpaired) electrons. The maximum atomic E-state index is 8.90. The van der Waals surface area contributed by atoms with Crippen LogP contribution in [0.3, 0.4) is 0 Å². The molecular weight excluding hydrogens is 214 g/mol. The fraction of sp³-hybridized carbons (Fsp3) is 0.571. The van der Waals surface area contributed by atoms with Gasteiger partial charge in [0.25, 0.3) is 0 Å². The number of hydrogen-bond acceptors (Lipinski definition) is 3. The Morgan fingerprint density at radius 3 is 2.76 bits per heavy atom. The molecule has 2 N–H and O–H groups in total. The summed E-state index contributed by atoms with van der Waals surface area (Å²) in [6, 6.07) is 6.18. The summed E-state index contributed by atoms with van der Waals surface area (Å²) in [5.74, 6) is 0.985. The highest BCUT2D eigenvalue weighted by molar-refractivity contribution is 5.36. The quantitative estimate of drug-likeness (QED) is 0.834. The van der Waals surface area contributed by atoms with Crippen molar-refractivity contribution in [2.24, 2.45) is 0 Å². The molecule has 0 amide bonds. The standard InChI is InChI=1S/C14H21NO2/c1-11-10-12(6-9-16)2-3-14(11)17-13-4-7-15-8-5-13/h2-3,10,13,15-16H,4-9H2,1H3. The molecule has 0 unspecified atom stereocenters. The van der Waals surface area contributed by atoms with Crippen LogP contribution in [-0.4, -0.2) is 30.9 Å². The molecule has 94 valence electrons. The van der Waals surface area contributed by atoms with Crippen LogP contribution in [0.25, 0.3) is 0 Å². The van der Waals surface area contributed by atoms with Gasteiger partial charge in [-0.15, -0.1) is 0 Å². The van der Waals surface area contributed by atoms with Crippen molar-refractivity contribution in [3.8, 4) is 5.75 Å². The van der Waals surface area contributed by atoms with Crippen molar-refractivity contribution in [3.05, 3.63) is 29.3 Å². The lowest BCUT2D eigenvalue weighted by atomic mass is 10.1. The summed E-state index contributed by atoms with van der Waals surface area (Å²) in [7, 11) is 0. The average Bonchev–Trinajstić information content (AvgIpc) is 2.34. The van der Waals surface area contributed by atoms with E-state index in [0.29, 0.717) is 12.5 Å². The first-order valence-corrected chi connectivity index (χ1v) is 6.37. The number of aliphatic hydroxyl groups excluding tert-OH is 1. The highest BCUT2D eigenvalue weighted by Gasteiger charge is 2.15. The second-order valence-corrected chi connectivity index (χ2v) is 4.64. The zero-order valence-corrected chi connectivity index (χ0v) is 10.4. The van der Waals surface area contributed by atoms with Gasteiger partial charge in [-0.05, 0) is 56.5 Å². The highest BCUT2D eigenvalue weighted by Crippen LogP contribution is 2.22. The van der Waals surface area contributed by atoms with Crippen molar-refractivity contribution >= 4 is 0 Å². The first-order valence-electron chi connectivity index (χ1n) is 6.37. The number of benzene rings is 1. The molecule has 1 heterocycles. The summed E-state index contributed by atoms with van der Waals surface area (Å²) in [6.45, 7) is 4.36. The van der Waals surface area contributed by atoms with E-state index in [-0.39, 0.29) is 6.61 Å². The number of piperidine rings is 1. The fourth-order valence-corrected chi connectivity index (χ4v) is 2.22. The van der Waals surface area contributed by atoms with Crippen LogP contribution in [0.2, 0.25) is 0 Å². The number of aryl methyl sites for hydroxylation is 1. The predicted octanol–water partition coefficient (Wildman–Crippen LogP) is 1.66. The molecule has 1 aliphatic rings. The molecule has 0 bridgehead atoms. The summed E-state index contributed by atoms with van der Waals surface area (Å²) >= 11 is 0. The summed E-state index contributed by atoms with van der Waals surface area (Å²) in [5, 5.41) is 12.2. The van der Waals surface area contributed by atoms with Gasteiger partial charge in [-0.1, -0.05) is 12.1 Å². The van der Waals surface area contributed by atoms with Gasteiger partial charge in [-0.3, -0.25) is 0 Å². The van der Waals surface area contributed by atoms with Gasteiger partial charge in [0.1, 0.15) is 11.9 Å². The first-order chi connectivity index (χ1) is 8.29. The van der Waals surface area contributed by atoms with Gasteiger partial charge in [0.05, 0.1) is 0 Å². The topological polar surface area (TPSA) is 41.5 Å². The molecule has 1 fully saturated rings. The molecule has 1 aliphatic heterocycles. The Labute approximate surface area is 103 Å². The van der Waals surface area contributed by atoms with Gasteiger partial charge in [-0.2, -0.15) is 0 Å². The average molecular weight is 235 g/mol. The maximum absolute atomic E-state index is 8.90. The molecule has 3 heteroatoms. The molecule has 1 aromatic carbocycles. The Bertz CT molecular complexity index is 359. The van der Waals surface area contributed by atoms with Crippen LogP contribution in [0, 0.1) is 6.92 Å². The monoisotopic (exact) mass is 235 g/mol. The van der Waals surface area contributed by atoms with Gasteiger partial charge in [0, 0.05) is 6.61 Å². The minimum absolute atomic E-state index is 0.202. The summed E-state index contributed by atoms with van der Waals surface area (Å²) < 4.78 is 6.02. The van der Waals surface area contributed by atoms with E-state index in [0.717, 1.165) is 37.2 Å². The van der Waals surface area contributed by atoms with Gasteiger partial charge in [0.2, 0.25) is 0 Å². The van der Waals surface area contributed by atoms with E-state index < -0.39 is 0 Å². The van der Waals surface area contributed by atoms with E-state index in [2.05, 4.69) is 18.3 Å². The number of rotatable bonds is 4. The number of nitrogens with one attached hydrogen (secondary N) is 1. The van der Waals surface area contributed by atoms with Gasteiger partial charge < -0.3 is 15.2 Å². The molecule has 0 spiro atoms. The molecule has 0 atom stereocenters. The molecule has 1 saturated heterocycles. The van der Waals surface area contributed by atoms with Gasteiger partial charge in [-0.25, -0.2) is 0 Å². The normalized spacial score (nSPS) is 17.1. The summed E-state index contributed by atoms with van der Waals surface area (Å²) in [4.78, 5) is 0. The smallest absolute Gasteiger partial charge is 0.122 e. The van der Waals surface area contributed by atoms with Crippen LogP contribution in [0.1, 0.15) is 24.0 Å². The molecular formula is C14H21NO2. The van der Waals surface area contributed by atoms with Crippen LogP contribution in [-0.2, 0) is 6.42 Å². The van der Waals surface area contributed by atoms with Crippen LogP contribution in [0.15, 0.2) is 18.2 Å². The Morgan fingerprint density at radius 1 is 1.35 bits per heavy atom. The highest BCUT2D eigenvalue weighted by atomic mass is 16.5. The van der Waals surface area contributed by atoms with Crippen LogP contribution in [0.4, 0.5) is 0 Å². The lowest BCUT2D eigenvalue weighted by Crippen LogP contribution is -2.34. The Hall–Kier alpha value is -1.06. The second-order valence-electron chi connectivity index (χ2n) is 4.64. The van der Waals surface area contributed by atoms with E-state index >= 15 is 0 Å². The lowest BCUT2D eigenvalue weighted by molar-refractivity contribution is 0.161. The lowest BCUT2D eigenvalue weighted by Gasteiger charge is -2.24. The Balaban J connectivity index is 2.00. The third-order valence-corrected chi connectivity index (χ3v) is 3.22. The number of hydrogen-bond donors (Lipinski definition) is 2. The van der Waals surface area contributed by atoms with E-state index in [1.807, 2.05) is 12.1 Å². The van der Waals surface area contributed by atoms with Crippen molar-refractivity contribution in [1.29, 1.82) is 0 Å². The van der Waals surface area contributed by atoms with Crippen molar-refractivity contribution in [1.82, 2.24) is 5.32 Å². The predicted molar refractivity (Wildman–Crippen MR) is 68.5 cm³/mol. The van der Waals surface area contributed by atoms with E-state index in [1.54, 1.807) is 0 Å². The van der Waals surface area contributed by atoms with Gasteiger partial charge in [0.15, 0.2) is 0 Å². The number of ether oxygens (including phenoxy) is 1. The SMILES string of the molecule is Cc1cc(CCO)ccc1OC1CCNCC1. The summed E-state index contributed by atoms with van der Waals surface area (Å²) in [5.41, 5.74) is 2.33. The zero-order chi connectivity index (χ0) is 12.1. The third kappa shape index (κ3) is 3.45. The Kier molecular flexibility index (Phi) is 4.40. The fourth-order valence-electron chi connectivity index (χ4n) is 2.22. The largest absolute Gasteiger partial charge is 0.490 e. The van der Waals surface area contributed by atoms with Crippen molar-refractivity contribution in [2.45, 2.75) is 32.3 Å². The second kappa shape index (κ2) is 6.03. The Morgan fingerprint density at radius 2 is 2.12 bits per heavy atom. The van der Waals surface area contributed by atoms with Crippen LogP contribution >= 0.6 is 0 Å². The van der Waals surface area contributed by atoms with E-state index in [1.165, 1.54) is 5.56 Å². The molecule has 0 aromatic heterocycles. The van der Waals surface area contributed by atoms with Crippen molar-refractivity contribution in [2.75, 3.05) is 19.7 Å². The minimum Gasteiger partial charge on any atom is -0.490 e. The molecule has 2 rings (SSSR count). The van der Waals surface area contributed by atoms with Crippen molar-refractivity contribution in [3.63, 3.8) is 0 Å². The zero-order valence-electron chi connectivity index (χ0n) is 10.4. The molecule has 17 heavy (non-hydrogen) atoms. The van der Waals surface area contributed by atoms with Crippen LogP contribution < -0.4 is 10.1 Å². The molecule has 0 saturated carbocycles. The minimum atomic E-state index is 0.202.